The second-order valence-electron chi connectivity index (χ2n) is 16.0. The Morgan fingerprint density at radius 2 is 1.02 bits per heavy atom. The summed E-state index contributed by atoms with van der Waals surface area (Å²) < 4.78 is 23.4. The smallest absolute Gasteiger partial charge is 0.387 e. The average molecular weight is 854 g/mol. The van der Waals surface area contributed by atoms with E-state index < -0.39 is 20.0 Å². The van der Waals surface area contributed by atoms with Crippen LogP contribution in [0.15, 0.2) is 122 Å². The largest absolute Gasteiger partial charge is 0.472 e. The van der Waals surface area contributed by atoms with Crippen LogP contribution in [0.5, 0.6) is 0 Å². The number of nitrogens with zero attached hydrogens (tertiary/aromatic N) is 1. The van der Waals surface area contributed by atoms with E-state index in [9.17, 15) is 19.4 Å². The molecule has 0 saturated carbocycles. The summed E-state index contributed by atoms with van der Waals surface area (Å²) in [5.41, 5.74) is 0. The van der Waals surface area contributed by atoms with Gasteiger partial charge in [0.25, 0.3) is 0 Å². The van der Waals surface area contributed by atoms with Gasteiger partial charge in [0.2, 0.25) is 5.91 Å². The van der Waals surface area contributed by atoms with Gasteiger partial charge in [-0.1, -0.05) is 167 Å². The number of rotatable bonds is 39. The van der Waals surface area contributed by atoms with Gasteiger partial charge in [-0.15, -0.1) is 0 Å². The Kier molecular flexibility index (Phi) is 39.1. The van der Waals surface area contributed by atoms with E-state index in [4.69, 9.17) is 9.05 Å². The quantitative estimate of drug-likeness (QED) is 0.0246. The van der Waals surface area contributed by atoms with Crippen LogP contribution in [0.1, 0.15) is 142 Å². The first-order valence-electron chi connectivity index (χ1n) is 22.9. The zero-order valence-electron chi connectivity index (χ0n) is 38.4. The Hall–Kier alpha value is -3.10. The molecular weight excluding hydrogens is 768 g/mol. The van der Waals surface area contributed by atoms with E-state index in [0.29, 0.717) is 17.4 Å². The molecule has 0 radical (unpaired) electrons. The molecule has 0 aliphatic carbocycles. The molecule has 0 saturated heterocycles. The molecule has 0 aliphatic rings. The lowest BCUT2D eigenvalue weighted by Crippen LogP contribution is -2.45. The van der Waals surface area contributed by atoms with Crippen molar-refractivity contribution in [2.45, 2.75) is 154 Å². The number of hydrogen-bond acceptors (Lipinski definition) is 5. The molecule has 0 heterocycles. The third-order valence-corrected chi connectivity index (χ3v) is 10.1. The number of amides is 1. The summed E-state index contributed by atoms with van der Waals surface area (Å²) in [5, 5.41) is 13.7. The standard InChI is InChI=1S/C51H85N2O6P/c1-6-8-10-12-14-15-16-17-18-19-20-21-22-23-24-25-26-27-28-29-30-31-32-33-34-35-36-37-39-41-43-45-51(55)52-49(50(54)44-42-40-38-13-11-9-7-2)48-59-60(56,57)58-47-46-53(3,4)5/h8,10-11,13-15,17-18,20-21,23-24,26-27,29-30,32-33,42,44,49-50,54H,6-7,9,12,16,19,22,25,28,31,34-41,43,45-48H2,1-5H3,(H-,52,55,56,57)/p+1/b10-8-,13-11+,15-14-,18-17-,21-20-,24-23-,27-26-,30-29-,33-32-,44-42+. The number of carbonyl (C=O) groups is 1. The normalized spacial score (nSPS) is 15.4. The molecule has 0 aromatic rings. The van der Waals surface area contributed by atoms with Gasteiger partial charge >= 0.3 is 7.82 Å². The molecule has 0 fully saturated rings. The fourth-order valence-corrected chi connectivity index (χ4v) is 6.28. The van der Waals surface area contributed by atoms with Gasteiger partial charge in [-0.25, -0.2) is 4.57 Å². The van der Waals surface area contributed by atoms with E-state index in [0.717, 1.165) is 116 Å². The van der Waals surface area contributed by atoms with E-state index >= 15 is 0 Å². The van der Waals surface area contributed by atoms with Crippen LogP contribution in [0.2, 0.25) is 0 Å². The Balaban J connectivity index is 4.19. The van der Waals surface area contributed by atoms with Crippen molar-refractivity contribution in [3.63, 3.8) is 0 Å². The zero-order valence-corrected chi connectivity index (χ0v) is 39.3. The lowest BCUT2D eigenvalue weighted by Gasteiger charge is -2.25. The lowest BCUT2D eigenvalue weighted by atomic mass is 10.1. The summed E-state index contributed by atoms with van der Waals surface area (Å²) in [6.45, 7) is 4.51. The molecule has 9 heteroatoms. The summed E-state index contributed by atoms with van der Waals surface area (Å²) in [4.78, 5) is 23.0. The summed E-state index contributed by atoms with van der Waals surface area (Å²) in [5.74, 6) is -0.214. The molecule has 3 atom stereocenters. The van der Waals surface area contributed by atoms with Crippen LogP contribution >= 0.6 is 7.82 Å². The third-order valence-electron chi connectivity index (χ3n) is 9.15. The molecule has 60 heavy (non-hydrogen) atoms. The maximum Gasteiger partial charge on any atom is 0.472 e. The number of likely N-dealkylation sites (N-methyl/N-ethyl adjacent to an activating group) is 1. The van der Waals surface area contributed by atoms with Crippen molar-refractivity contribution < 1.29 is 32.9 Å². The van der Waals surface area contributed by atoms with Crippen molar-refractivity contribution in [3.8, 4) is 0 Å². The Morgan fingerprint density at radius 3 is 1.52 bits per heavy atom. The number of phosphoric ester groups is 1. The second-order valence-corrected chi connectivity index (χ2v) is 17.5. The molecule has 0 aromatic heterocycles. The highest BCUT2D eigenvalue weighted by molar-refractivity contribution is 7.47. The minimum absolute atomic E-state index is 0.0451. The molecular formula is C51H86N2O6P+. The maximum atomic E-state index is 12.8. The number of aliphatic hydroxyl groups is 1. The van der Waals surface area contributed by atoms with Crippen molar-refractivity contribution >= 4 is 13.7 Å². The summed E-state index contributed by atoms with van der Waals surface area (Å²) in [6.07, 6.45) is 61.7. The molecule has 0 rings (SSSR count). The minimum Gasteiger partial charge on any atom is -0.387 e. The predicted molar refractivity (Wildman–Crippen MR) is 258 cm³/mol. The van der Waals surface area contributed by atoms with Crippen molar-refractivity contribution in [1.29, 1.82) is 0 Å². The van der Waals surface area contributed by atoms with E-state index in [-0.39, 0.29) is 19.1 Å². The van der Waals surface area contributed by atoms with Gasteiger partial charge in [0.1, 0.15) is 13.2 Å². The van der Waals surface area contributed by atoms with Gasteiger partial charge in [-0.2, -0.15) is 0 Å². The molecule has 8 nitrogen and oxygen atoms in total. The van der Waals surface area contributed by atoms with E-state index in [2.05, 4.69) is 129 Å². The fourth-order valence-electron chi connectivity index (χ4n) is 5.55. The first kappa shape index (κ1) is 56.9. The highest BCUT2D eigenvalue weighted by atomic mass is 31.2. The summed E-state index contributed by atoms with van der Waals surface area (Å²) in [6, 6.07) is -0.877. The molecule has 1 amide bonds. The summed E-state index contributed by atoms with van der Waals surface area (Å²) in [7, 11) is 1.51. The molecule has 3 unspecified atom stereocenters. The number of quaternary nitrogens is 1. The van der Waals surface area contributed by atoms with Gasteiger partial charge < -0.3 is 19.8 Å². The van der Waals surface area contributed by atoms with Crippen molar-refractivity contribution in [2.75, 3.05) is 40.9 Å². The highest BCUT2D eigenvalue weighted by Crippen LogP contribution is 2.43. The number of unbranched alkanes of at least 4 members (excludes halogenated alkanes) is 8. The number of nitrogens with one attached hydrogen (secondary N) is 1. The first-order chi connectivity index (χ1) is 29.0. The fraction of sp³-hybridized carbons (Fsp3) is 0.588. The SMILES string of the molecule is CC/C=C\C/C=C\C/C=C\C/C=C\C/C=C\C/C=C\C/C=C\C/C=C\CCCCCCCCC(=O)NC(COP(=O)(O)OCC[N+](C)(C)C)C(O)/C=C/CC/C=C/CCC. The number of hydrogen-bond donors (Lipinski definition) is 3. The van der Waals surface area contributed by atoms with Gasteiger partial charge in [-0.3, -0.25) is 13.8 Å². The first-order valence-corrected chi connectivity index (χ1v) is 24.4. The van der Waals surface area contributed by atoms with E-state index in [1.165, 1.54) is 6.42 Å². The molecule has 0 aromatic carbocycles. The molecule has 3 N–H and O–H groups in total. The van der Waals surface area contributed by atoms with E-state index in [1.54, 1.807) is 6.08 Å². The number of carbonyl (C=O) groups excluding carboxylic acids is 1. The van der Waals surface area contributed by atoms with Crippen LogP contribution in [0, 0.1) is 0 Å². The Bertz CT molecular complexity index is 1380. The van der Waals surface area contributed by atoms with Crippen LogP contribution < -0.4 is 5.32 Å². The number of allylic oxidation sites excluding steroid dienone is 19. The third kappa shape index (κ3) is 43.0. The van der Waals surface area contributed by atoms with Crippen molar-refractivity contribution in [3.05, 3.63) is 122 Å². The van der Waals surface area contributed by atoms with Gasteiger partial charge in [0, 0.05) is 6.42 Å². The number of aliphatic hydroxyl groups excluding tert-OH is 1. The topological polar surface area (TPSA) is 105 Å². The zero-order chi connectivity index (χ0) is 44.3. The van der Waals surface area contributed by atoms with E-state index in [1.807, 2.05) is 27.2 Å². The van der Waals surface area contributed by atoms with Crippen molar-refractivity contribution in [2.24, 2.45) is 0 Å². The van der Waals surface area contributed by atoms with Crippen LogP contribution in [-0.4, -0.2) is 73.4 Å². The summed E-state index contributed by atoms with van der Waals surface area (Å²) >= 11 is 0. The number of phosphoric acid groups is 1. The average Bonchev–Trinajstić information content (AvgIpc) is 3.20. The molecule has 340 valence electrons. The van der Waals surface area contributed by atoms with Crippen molar-refractivity contribution in [1.82, 2.24) is 5.32 Å². The molecule has 0 spiro atoms. The van der Waals surface area contributed by atoms with Gasteiger partial charge in [-0.05, 0) is 89.9 Å². The monoisotopic (exact) mass is 854 g/mol. The van der Waals surface area contributed by atoms with Crippen LogP contribution in [-0.2, 0) is 18.4 Å². The lowest BCUT2D eigenvalue weighted by molar-refractivity contribution is -0.870. The predicted octanol–water partition coefficient (Wildman–Crippen LogP) is 13.1. The van der Waals surface area contributed by atoms with Crippen LogP contribution in [0.4, 0.5) is 0 Å². The van der Waals surface area contributed by atoms with Gasteiger partial charge in [0.05, 0.1) is 39.9 Å². The second kappa shape index (κ2) is 41.3. The minimum atomic E-state index is -4.35. The highest BCUT2D eigenvalue weighted by Gasteiger charge is 2.27. The van der Waals surface area contributed by atoms with Crippen LogP contribution in [0.3, 0.4) is 0 Å². The Morgan fingerprint density at radius 1 is 0.583 bits per heavy atom. The maximum absolute atomic E-state index is 12.8. The molecule has 0 aliphatic heterocycles. The Labute approximate surface area is 367 Å². The van der Waals surface area contributed by atoms with Crippen LogP contribution in [0.25, 0.3) is 0 Å². The molecule has 0 bridgehead atoms. The van der Waals surface area contributed by atoms with Gasteiger partial charge in [0.15, 0.2) is 0 Å².